The maximum atomic E-state index is 13.1. The van der Waals surface area contributed by atoms with Crippen molar-refractivity contribution in [1.29, 1.82) is 0 Å². The van der Waals surface area contributed by atoms with Crippen molar-refractivity contribution in [3.63, 3.8) is 0 Å². The summed E-state index contributed by atoms with van der Waals surface area (Å²) in [5, 5.41) is 9.11. The fraction of sp³-hybridized carbons (Fsp3) is 0.500. The average molecular weight is 226 g/mol. The quantitative estimate of drug-likeness (QED) is 0.797. The molecular weight excluding hydrogens is 207 g/mol. The van der Waals surface area contributed by atoms with E-state index >= 15 is 0 Å². The Labute approximate surface area is 95.7 Å². The van der Waals surface area contributed by atoms with Crippen LogP contribution in [0.25, 0.3) is 0 Å². The molecule has 1 aromatic rings. The molecule has 0 heterocycles. The maximum Gasteiger partial charge on any atom is 0.125 e. The van der Waals surface area contributed by atoms with Crippen LogP contribution < -0.4 is 10.6 Å². The number of halogens is 1. The first-order chi connectivity index (χ1) is 7.48. The lowest BCUT2D eigenvalue weighted by Gasteiger charge is -2.32. The van der Waals surface area contributed by atoms with Crippen molar-refractivity contribution in [3.05, 3.63) is 30.1 Å². The molecule has 0 saturated heterocycles. The van der Waals surface area contributed by atoms with Crippen molar-refractivity contribution >= 4 is 5.69 Å². The molecule has 0 radical (unpaired) electrons. The molecule has 3 N–H and O–H groups in total. The Balaban J connectivity index is 2.82. The Bertz CT molecular complexity index is 342. The van der Waals surface area contributed by atoms with Crippen LogP contribution >= 0.6 is 0 Å². The summed E-state index contributed by atoms with van der Waals surface area (Å²) in [7, 11) is 0. The van der Waals surface area contributed by atoms with Crippen LogP contribution in [-0.2, 0) is 0 Å². The molecule has 90 valence electrons. The maximum absolute atomic E-state index is 13.1. The van der Waals surface area contributed by atoms with Crippen molar-refractivity contribution in [1.82, 2.24) is 0 Å². The smallest absolute Gasteiger partial charge is 0.125 e. The number of nitrogens with zero attached hydrogens (tertiary/aromatic N) is 1. The minimum Gasteiger partial charge on any atom is -0.394 e. The Morgan fingerprint density at radius 1 is 1.50 bits per heavy atom. The second-order valence-corrected chi connectivity index (χ2v) is 4.31. The van der Waals surface area contributed by atoms with Crippen molar-refractivity contribution in [2.24, 2.45) is 5.73 Å². The first kappa shape index (κ1) is 12.9. The van der Waals surface area contributed by atoms with Gasteiger partial charge in [0.2, 0.25) is 0 Å². The molecule has 0 fully saturated rings. The molecule has 0 aliphatic rings. The predicted octanol–water partition coefficient (Wildman–Crippen LogP) is 1.36. The molecule has 1 rings (SSSR count). The molecule has 4 heteroatoms. The largest absolute Gasteiger partial charge is 0.394 e. The lowest BCUT2D eigenvalue weighted by Crippen LogP contribution is -2.50. The van der Waals surface area contributed by atoms with Gasteiger partial charge in [-0.25, -0.2) is 4.39 Å². The van der Waals surface area contributed by atoms with Gasteiger partial charge in [-0.15, -0.1) is 0 Å². The molecule has 0 bridgehead atoms. The minimum atomic E-state index is -0.678. The van der Waals surface area contributed by atoms with Crippen LogP contribution in [0.15, 0.2) is 24.3 Å². The first-order valence-electron chi connectivity index (χ1n) is 5.39. The number of anilines is 1. The number of benzene rings is 1. The molecular formula is C12H19FN2O. The van der Waals surface area contributed by atoms with Crippen molar-refractivity contribution in [3.8, 4) is 0 Å². The molecule has 1 unspecified atom stereocenters. The van der Waals surface area contributed by atoms with Gasteiger partial charge in [0.15, 0.2) is 0 Å². The van der Waals surface area contributed by atoms with E-state index in [9.17, 15) is 4.39 Å². The van der Waals surface area contributed by atoms with E-state index < -0.39 is 5.54 Å². The van der Waals surface area contributed by atoms with E-state index in [1.54, 1.807) is 13.0 Å². The van der Waals surface area contributed by atoms with Crippen LogP contribution in [0.3, 0.4) is 0 Å². The van der Waals surface area contributed by atoms with Gasteiger partial charge in [0.1, 0.15) is 5.82 Å². The standard InChI is InChI=1S/C12H19FN2O/c1-3-15(8-12(2,14)9-16)11-6-4-5-10(13)7-11/h4-7,16H,3,8-9,14H2,1-2H3. The van der Waals surface area contributed by atoms with Crippen molar-refractivity contribution in [2.45, 2.75) is 19.4 Å². The van der Waals surface area contributed by atoms with Crippen molar-refractivity contribution < 1.29 is 9.50 Å². The van der Waals surface area contributed by atoms with E-state index in [1.807, 2.05) is 17.9 Å². The number of likely N-dealkylation sites (N-methyl/N-ethyl adjacent to an activating group) is 1. The first-order valence-corrected chi connectivity index (χ1v) is 5.39. The molecule has 0 saturated carbocycles. The highest BCUT2D eigenvalue weighted by Gasteiger charge is 2.21. The van der Waals surface area contributed by atoms with Gasteiger partial charge in [0.05, 0.1) is 12.1 Å². The number of nitrogens with two attached hydrogens (primary N) is 1. The third kappa shape index (κ3) is 3.47. The molecule has 1 aromatic carbocycles. The number of aliphatic hydroxyl groups excluding tert-OH is 1. The van der Waals surface area contributed by atoms with E-state index in [1.165, 1.54) is 12.1 Å². The Morgan fingerprint density at radius 2 is 2.19 bits per heavy atom. The number of rotatable bonds is 5. The summed E-state index contributed by atoms with van der Waals surface area (Å²) in [4.78, 5) is 1.94. The van der Waals surface area contributed by atoms with Crippen LogP contribution in [0.4, 0.5) is 10.1 Å². The van der Waals surface area contributed by atoms with Gasteiger partial charge in [-0.2, -0.15) is 0 Å². The van der Waals surface area contributed by atoms with Crippen LogP contribution in [0, 0.1) is 5.82 Å². The highest BCUT2D eigenvalue weighted by Crippen LogP contribution is 2.17. The van der Waals surface area contributed by atoms with Gasteiger partial charge in [-0.1, -0.05) is 6.07 Å². The fourth-order valence-corrected chi connectivity index (χ4v) is 1.54. The molecule has 3 nitrogen and oxygen atoms in total. The minimum absolute atomic E-state index is 0.0984. The van der Waals surface area contributed by atoms with Gasteiger partial charge < -0.3 is 15.7 Å². The monoisotopic (exact) mass is 226 g/mol. The molecule has 16 heavy (non-hydrogen) atoms. The van der Waals surface area contributed by atoms with E-state index in [0.29, 0.717) is 6.54 Å². The Kier molecular flexibility index (Phi) is 4.26. The summed E-state index contributed by atoms with van der Waals surface area (Å²) >= 11 is 0. The molecule has 1 atom stereocenters. The average Bonchev–Trinajstić information content (AvgIpc) is 2.26. The van der Waals surface area contributed by atoms with Gasteiger partial charge >= 0.3 is 0 Å². The van der Waals surface area contributed by atoms with Crippen molar-refractivity contribution in [2.75, 3.05) is 24.6 Å². The number of hydrogen-bond donors (Lipinski definition) is 2. The van der Waals surface area contributed by atoms with Crippen LogP contribution in [0.2, 0.25) is 0 Å². The van der Waals surface area contributed by atoms with Crippen LogP contribution in [-0.4, -0.2) is 30.3 Å². The SMILES string of the molecule is CCN(CC(C)(N)CO)c1cccc(F)c1. The second-order valence-electron chi connectivity index (χ2n) is 4.31. The molecule has 0 aliphatic carbocycles. The zero-order valence-electron chi connectivity index (χ0n) is 9.78. The summed E-state index contributed by atoms with van der Waals surface area (Å²) in [5.74, 6) is -0.265. The predicted molar refractivity (Wildman–Crippen MR) is 64.0 cm³/mol. The molecule has 0 amide bonds. The highest BCUT2D eigenvalue weighted by atomic mass is 19.1. The molecule has 0 aliphatic heterocycles. The van der Waals surface area contributed by atoms with E-state index in [0.717, 1.165) is 12.2 Å². The van der Waals surface area contributed by atoms with Crippen LogP contribution in [0.1, 0.15) is 13.8 Å². The number of aliphatic hydroxyl groups is 1. The van der Waals surface area contributed by atoms with Gasteiger partial charge in [-0.05, 0) is 32.0 Å². The summed E-state index contributed by atoms with van der Waals surface area (Å²) in [6, 6.07) is 6.38. The third-order valence-electron chi connectivity index (χ3n) is 2.47. The lowest BCUT2D eigenvalue weighted by atomic mass is 10.0. The molecule has 0 aromatic heterocycles. The Hall–Kier alpha value is -1.13. The summed E-state index contributed by atoms with van der Waals surface area (Å²) in [6.07, 6.45) is 0. The zero-order chi connectivity index (χ0) is 12.2. The van der Waals surface area contributed by atoms with Gasteiger partial charge in [-0.3, -0.25) is 0 Å². The zero-order valence-corrected chi connectivity index (χ0v) is 9.78. The summed E-state index contributed by atoms with van der Waals surface area (Å²) in [5.41, 5.74) is 5.99. The van der Waals surface area contributed by atoms with Gasteiger partial charge in [0.25, 0.3) is 0 Å². The van der Waals surface area contributed by atoms with Gasteiger partial charge in [0, 0.05) is 18.8 Å². The summed E-state index contributed by atoms with van der Waals surface area (Å²) in [6.45, 7) is 4.85. The second kappa shape index (κ2) is 5.27. The van der Waals surface area contributed by atoms with E-state index in [4.69, 9.17) is 10.8 Å². The normalized spacial score (nSPS) is 14.6. The number of hydrogen-bond acceptors (Lipinski definition) is 3. The summed E-state index contributed by atoms with van der Waals surface area (Å²) < 4.78 is 13.1. The lowest BCUT2D eigenvalue weighted by molar-refractivity contribution is 0.211. The van der Waals surface area contributed by atoms with Crippen LogP contribution in [0.5, 0.6) is 0 Å². The third-order valence-corrected chi connectivity index (χ3v) is 2.47. The van der Waals surface area contributed by atoms with E-state index in [-0.39, 0.29) is 12.4 Å². The molecule has 0 spiro atoms. The fourth-order valence-electron chi connectivity index (χ4n) is 1.54. The van der Waals surface area contributed by atoms with E-state index in [2.05, 4.69) is 0 Å². The Morgan fingerprint density at radius 3 is 2.69 bits per heavy atom. The highest BCUT2D eigenvalue weighted by molar-refractivity contribution is 5.46. The topological polar surface area (TPSA) is 49.5 Å².